The molecule has 0 aliphatic rings. The Bertz CT molecular complexity index is 512. The van der Waals surface area contributed by atoms with Crippen LogP contribution in [0.5, 0.6) is 0 Å². The van der Waals surface area contributed by atoms with Gasteiger partial charge in [-0.1, -0.05) is 48.0 Å². The summed E-state index contributed by atoms with van der Waals surface area (Å²) in [4.78, 5) is 0. The summed E-state index contributed by atoms with van der Waals surface area (Å²) in [5, 5.41) is -0.0603. The van der Waals surface area contributed by atoms with E-state index in [-0.39, 0.29) is 5.38 Å². The van der Waals surface area contributed by atoms with Crippen molar-refractivity contribution in [1.82, 2.24) is 0 Å². The van der Waals surface area contributed by atoms with E-state index < -0.39 is 0 Å². The Kier molecular flexibility index (Phi) is 3.54. The van der Waals surface area contributed by atoms with Crippen LogP contribution in [0.4, 0.5) is 0 Å². The van der Waals surface area contributed by atoms with Crippen molar-refractivity contribution in [3.63, 3.8) is 0 Å². The molecular weight excluding hydrogens is 228 g/mol. The summed E-state index contributed by atoms with van der Waals surface area (Å²) >= 11 is 6.51. The molecule has 0 amide bonds. The average Bonchev–Trinajstić information content (AvgIpc) is 2.33. The largest absolute Gasteiger partial charge is 0.113 e. The highest BCUT2D eigenvalue weighted by Gasteiger charge is 2.10. The van der Waals surface area contributed by atoms with Crippen LogP contribution in [-0.2, 0) is 0 Å². The van der Waals surface area contributed by atoms with Gasteiger partial charge in [0.05, 0.1) is 5.38 Å². The zero-order valence-electron chi connectivity index (χ0n) is 10.5. The standard InChI is InChI=1S/C16H17Cl/c1-11-4-7-14(8-5-11)16(17)15-9-6-12(2)13(3)10-15/h4-10,16H,1-3H3. The first-order chi connectivity index (χ1) is 8.08. The molecule has 1 unspecified atom stereocenters. The third kappa shape index (κ3) is 2.70. The lowest BCUT2D eigenvalue weighted by Gasteiger charge is -2.12. The van der Waals surface area contributed by atoms with E-state index in [0.29, 0.717) is 0 Å². The van der Waals surface area contributed by atoms with E-state index in [1.807, 2.05) is 0 Å². The Morgan fingerprint density at radius 2 is 1.35 bits per heavy atom. The van der Waals surface area contributed by atoms with E-state index in [1.54, 1.807) is 0 Å². The first-order valence-electron chi connectivity index (χ1n) is 5.85. The van der Waals surface area contributed by atoms with Crippen molar-refractivity contribution in [3.8, 4) is 0 Å². The van der Waals surface area contributed by atoms with Gasteiger partial charge in [-0.15, -0.1) is 11.6 Å². The second-order valence-electron chi connectivity index (χ2n) is 4.62. The van der Waals surface area contributed by atoms with Crippen LogP contribution in [0.3, 0.4) is 0 Å². The maximum Gasteiger partial charge on any atom is 0.0835 e. The van der Waals surface area contributed by atoms with Crippen LogP contribution in [-0.4, -0.2) is 0 Å². The minimum Gasteiger partial charge on any atom is -0.113 e. The summed E-state index contributed by atoms with van der Waals surface area (Å²) < 4.78 is 0. The normalized spacial score (nSPS) is 12.5. The van der Waals surface area contributed by atoms with Gasteiger partial charge in [0.25, 0.3) is 0 Å². The fourth-order valence-electron chi connectivity index (χ4n) is 1.85. The molecule has 0 heterocycles. The highest BCUT2D eigenvalue weighted by molar-refractivity contribution is 6.22. The second-order valence-corrected chi connectivity index (χ2v) is 5.05. The molecule has 0 N–H and O–H groups in total. The lowest BCUT2D eigenvalue weighted by Crippen LogP contribution is -1.94. The zero-order valence-corrected chi connectivity index (χ0v) is 11.3. The van der Waals surface area contributed by atoms with Gasteiger partial charge in [-0.3, -0.25) is 0 Å². The third-order valence-electron chi connectivity index (χ3n) is 3.19. The van der Waals surface area contributed by atoms with Crippen LogP contribution in [0.2, 0.25) is 0 Å². The lowest BCUT2D eigenvalue weighted by atomic mass is 9.99. The molecule has 2 rings (SSSR count). The Labute approximate surface area is 108 Å². The van der Waals surface area contributed by atoms with Gasteiger partial charge in [-0.05, 0) is 43.0 Å². The molecule has 2 aromatic rings. The van der Waals surface area contributed by atoms with Crippen molar-refractivity contribution in [3.05, 3.63) is 70.3 Å². The first kappa shape index (κ1) is 12.2. The van der Waals surface area contributed by atoms with Crippen molar-refractivity contribution in [2.24, 2.45) is 0 Å². The quantitative estimate of drug-likeness (QED) is 0.657. The molecule has 0 aliphatic carbocycles. The van der Waals surface area contributed by atoms with Crippen LogP contribution in [0.1, 0.15) is 33.2 Å². The molecule has 0 fully saturated rings. The van der Waals surface area contributed by atoms with E-state index in [9.17, 15) is 0 Å². The summed E-state index contributed by atoms with van der Waals surface area (Å²) in [6.07, 6.45) is 0. The highest BCUT2D eigenvalue weighted by Crippen LogP contribution is 2.29. The van der Waals surface area contributed by atoms with Gasteiger partial charge in [0.1, 0.15) is 0 Å². The molecule has 0 aliphatic heterocycles. The smallest absolute Gasteiger partial charge is 0.0835 e. The fraction of sp³-hybridized carbons (Fsp3) is 0.250. The molecule has 1 heteroatoms. The van der Waals surface area contributed by atoms with E-state index in [1.165, 1.54) is 22.3 Å². The number of rotatable bonds is 2. The van der Waals surface area contributed by atoms with Gasteiger partial charge in [-0.2, -0.15) is 0 Å². The van der Waals surface area contributed by atoms with Gasteiger partial charge in [-0.25, -0.2) is 0 Å². The Balaban J connectivity index is 2.33. The monoisotopic (exact) mass is 244 g/mol. The SMILES string of the molecule is Cc1ccc(C(Cl)c2ccc(C)c(C)c2)cc1. The third-order valence-corrected chi connectivity index (χ3v) is 3.70. The molecule has 0 radical (unpaired) electrons. The average molecular weight is 245 g/mol. The molecule has 88 valence electrons. The molecule has 1 atom stereocenters. The van der Waals surface area contributed by atoms with E-state index >= 15 is 0 Å². The van der Waals surface area contributed by atoms with Gasteiger partial charge in [0, 0.05) is 0 Å². The van der Waals surface area contributed by atoms with Crippen molar-refractivity contribution < 1.29 is 0 Å². The number of halogens is 1. The molecule has 2 aromatic carbocycles. The Morgan fingerprint density at radius 1 is 0.765 bits per heavy atom. The minimum atomic E-state index is -0.0603. The summed E-state index contributed by atoms with van der Waals surface area (Å²) in [6.45, 7) is 6.33. The van der Waals surface area contributed by atoms with Crippen molar-refractivity contribution >= 4 is 11.6 Å². The predicted octanol–water partition coefficient (Wildman–Crippen LogP) is 4.94. The lowest BCUT2D eigenvalue weighted by molar-refractivity contribution is 1.12. The van der Waals surface area contributed by atoms with Crippen molar-refractivity contribution in [2.45, 2.75) is 26.1 Å². The number of aryl methyl sites for hydroxylation is 3. The van der Waals surface area contributed by atoms with Gasteiger partial charge >= 0.3 is 0 Å². The number of hydrogen-bond acceptors (Lipinski definition) is 0. The van der Waals surface area contributed by atoms with Crippen LogP contribution in [0.15, 0.2) is 42.5 Å². The Morgan fingerprint density at radius 3 is 1.94 bits per heavy atom. The molecular formula is C16H17Cl. The van der Waals surface area contributed by atoms with E-state index in [0.717, 1.165) is 5.56 Å². The Hall–Kier alpha value is -1.27. The fourth-order valence-corrected chi connectivity index (χ4v) is 2.13. The van der Waals surface area contributed by atoms with Crippen LogP contribution < -0.4 is 0 Å². The summed E-state index contributed by atoms with van der Waals surface area (Å²) in [5.41, 5.74) is 6.18. The predicted molar refractivity (Wildman–Crippen MR) is 74.8 cm³/mol. The van der Waals surface area contributed by atoms with Crippen molar-refractivity contribution in [1.29, 1.82) is 0 Å². The highest BCUT2D eigenvalue weighted by atomic mass is 35.5. The van der Waals surface area contributed by atoms with E-state index in [2.05, 4.69) is 63.2 Å². The van der Waals surface area contributed by atoms with Crippen molar-refractivity contribution in [2.75, 3.05) is 0 Å². The van der Waals surface area contributed by atoms with Crippen LogP contribution in [0, 0.1) is 20.8 Å². The minimum absolute atomic E-state index is 0.0603. The second kappa shape index (κ2) is 4.93. The molecule has 0 saturated carbocycles. The summed E-state index contributed by atoms with van der Waals surface area (Å²) in [6, 6.07) is 14.8. The van der Waals surface area contributed by atoms with Gasteiger partial charge in [0.15, 0.2) is 0 Å². The van der Waals surface area contributed by atoms with Crippen LogP contribution in [0.25, 0.3) is 0 Å². The van der Waals surface area contributed by atoms with Crippen LogP contribution >= 0.6 is 11.6 Å². The molecule has 17 heavy (non-hydrogen) atoms. The van der Waals surface area contributed by atoms with E-state index in [4.69, 9.17) is 11.6 Å². The van der Waals surface area contributed by atoms with Gasteiger partial charge < -0.3 is 0 Å². The number of benzene rings is 2. The van der Waals surface area contributed by atoms with Gasteiger partial charge in [0.2, 0.25) is 0 Å². The molecule has 0 saturated heterocycles. The maximum absolute atomic E-state index is 6.51. The number of alkyl halides is 1. The first-order valence-corrected chi connectivity index (χ1v) is 6.29. The molecule has 0 aromatic heterocycles. The maximum atomic E-state index is 6.51. The number of hydrogen-bond donors (Lipinski definition) is 0. The molecule has 0 bridgehead atoms. The molecule has 0 spiro atoms. The summed E-state index contributed by atoms with van der Waals surface area (Å²) in [7, 11) is 0. The molecule has 0 nitrogen and oxygen atoms in total. The topological polar surface area (TPSA) is 0 Å². The zero-order chi connectivity index (χ0) is 12.4. The summed E-state index contributed by atoms with van der Waals surface area (Å²) in [5.74, 6) is 0.